The first-order valence-electron chi connectivity index (χ1n) is 11.9. The smallest absolute Gasteiger partial charge is 0.290 e. The molecule has 0 aliphatic heterocycles. The maximum Gasteiger partial charge on any atom is 0.290 e. The Morgan fingerprint density at radius 3 is 2.38 bits per heavy atom. The van der Waals surface area contributed by atoms with Crippen molar-refractivity contribution in [1.29, 1.82) is 0 Å². The van der Waals surface area contributed by atoms with Gasteiger partial charge in [0, 0.05) is 38.2 Å². The summed E-state index contributed by atoms with van der Waals surface area (Å²) < 4.78 is 71.4. The first-order valence-corrected chi connectivity index (χ1v) is 16.3. The highest BCUT2D eigenvalue weighted by Crippen LogP contribution is 2.33. The Morgan fingerprint density at radius 2 is 1.74 bits per heavy atom. The fourth-order valence-corrected chi connectivity index (χ4v) is 7.46. The molecule has 10 nitrogen and oxygen atoms in total. The van der Waals surface area contributed by atoms with Crippen molar-refractivity contribution in [3.63, 3.8) is 0 Å². The van der Waals surface area contributed by atoms with Crippen LogP contribution in [-0.4, -0.2) is 44.1 Å². The summed E-state index contributed by atoms with van der Waals surface area (Å²) in [6.07, 6.45) is 5.47. The molecule has 4 aromatic rings. The molecule has 4 rings (SSSR count). The molecule has 0 radical (unpaired) electrons. The summed E-state index contributed by atoms with van der Waals surface area (Å²) in [4.78, 5) is 13.0. The fraction of sp³-hybridized carbons (Fsp3) is 0.154. The molecule has 1 aromatic heterocycles. The maximum atomic E-state index is 14.9. The topological polar surface area (TPSA) is 142 Å². The first kappa shape index (κ1) is 31.9. The third kappa shape index (κ3) is 6.78. The number of hydrogen-bond donors (Lipinski definition) is 2. The number of aromatic nitrogens is 1. The Kier molecular flexibility index (Phi) is 9.63. The number of hydrogen-bond acceptors (Lipinski definition) is 6. The highest BCUT2D eigenvalue weighted by Gasteiger charge is 2.33. The van der Waals surface area contributed by atoms with E-state index in [-0.39, 0.29) is 34.1 Å². The number of benzene rings is 3. The predicted molar refractivity (Wildman–Crippen MR) is 161 cm³/mol. The van der Waals surface area contributed by atoms with Crippen molar-refractivity contribution in [2.24, 2.45) is 0 Å². The summed E-state index contributed by atoms with van der Waals surface area (Å²) >= 11 is 14.9. The van der Waals surface area contributed by atoms with E-state index in [0.29, 0.717) is 20.4 Å². The van der Waals surface area contributed by atoms with Gasteiger partial charge >= 0.3 is 0 Å². The lowest BCUT2D eigenvalue weighted by atomic mass is 10.1. The van der Waals surface area contributed by atoms with E-state index in [1.807, 2.05) is 0 Å². The SMILES string of the molecule is C#CCN(Cc1[nH]c2c(F)cc(Br)cc2c1CCNS(=O)(=O)c1ccc(Cl)cc1)S(=O)(=O)c1ccc(Cl)cc1[N+](=O)[O-]. The monoisotopic (exact) mass is 716 g/mol. The average Bonchev–Trinajstić information content (AvgIpc) is 3.25. The van der Waals surface area contributed by atoms with Crippen LogP contribution in [0.5, 0.6) is 0 Å². The van der Waals surface area contributed by atoms with Gasteiger partial charge in [0.15, 0.2) is 4.90 Å². The van der Waals surface area contributed by atoms with Gasteiger partial charge in [0.05, 0.1) is 28.4 Å². The van der Waals surface area contributed by atoms with E-state index in [1.54, 1.807) is 6.07 Å². The Labute approximate surface area is 259 Å². The standard InChI is InChI=1S/C26H20BrCl2FN4O6S2/c1-2-11-33(42(39,40)25-8-5-18(29)14-24(25)34(35)36)15-23-20(21-12-16(27)13-22(30)26(21)32-23)9-10-31-41(37,38)19-6-3-17(28)4-7-19/h1,3-8,12-14,31-32H,9-11,15H2. The fourth-order valence-electron chi connectivity index (χ4n) is 4.25. The van der Waals surface area contributed by atoms with Gasteiger partial charge in [0.25, 0.3) is 15.7 Å². The average molecular weight is 718 g/mol. The minimum absolute atomic E-state index is 0.0169. The number of nitrogens with one attached hydrogen (secondary N) is 2. The highest BCUT2D eigenvalue weighted by molar-refractivity contribution is 9.10. The Bertz CT molecular complexity index is 1950. The molecule has 220 valence electrons. The quantitative estimate of drug-likeness (QED) is 0.117. The number of nitro benzene ring substituents is 1. The van der Waals surface area contributed by atoms with Gasteiger partial charge in [-0.1, -0.05) is 45.1 Å². The Balaban J connectivity index is 1.73. The molecule has 0 atom stereocenters. The van der Waals surface area contributed by atoms with Crippen molar-refractivity contribution in [1.82, 2.24) is 14.0 Å². The van der Waals surface area contributed by atoms with Crippen LogP contribution in [0.15, 0.2) is 68.9 Å². The molecular weight excluding hydrogens is 698 g/mol. The summed E-state index contributed by atoms with van der Waals surface area (Å²) in [7, 11) is -8.49. The van der Waals surface area contributed by atoms with Gasteiger partial charge in [0.1, 0.15) is 5.82 Å². The van der Waals surface area contributed by atoms with Gasteiger partial charge in [-0.25, -0.2) is 25.9 Å². The number of nitro groups is 1. The second kappa shape index (κ2) is 12.7. The number of fused-ring (bicyclic) bond motifs is 1. The number of aromatic amines is 1. The predicted octanol–water partition coefficient (Wildman–Crippen LogP) is 5.63. The third-order valence-electron chi connectivity index (χ3n) is 6.15. The van der Waals surface area contributed by atoms with Crippen LogP contribution in [0, 0.1) is 28.3 Å². The molecule has 0 saturated carbocycles. The largest absolute Gasteiger partial charge is 0.355 e. The maximum absolute atomic E-state index is 14.9. The van der Waals surface area contributed by atoms with E-state index < -0.39 is 54.5 Å². The van der Waals surface area contributed by atoms with Crippen LogP contribution in [0.3, 0.4) is 0 Å². The zero-order valence-corrected chi connectivity index (χ0v) is 26.0. The minimum Gasteiger partial charge on any atom is -0.355 e. The molecule has 0 fully saturated rings. The van der Waals surface area contributed by atoms with Crippen LogP contribution >= 0.6 is 39.1 Å². The van der Waals surface area contributed by atoms with Gasteiger partial charge < -0.3 is 4.98 Å². The van der Waals surface area contributed by atoms with Gasteiger partial charge in [-0.15, -0.1) is 6.42 Å². The van der Waals surface area contributed by atoms with E-state index in [0.717, 1.165) is 16.4 Å². The molecule has 0 aliphatic carbocycles. The molecule has 2 N–H and O–H groups in total. The molecule has 16 heteroatoms. The van der Waals surface area contributed by atoms with Gasteiger partial charge in [-0.3, -0.25) is 10.1 Å². The van der Waals surface area contributed by atoms with E-state index >= 15 is 0 Å². The van der Waals surface area contributed by atoms with Gasteiger partial charge in [-0.05, 0) is 60.5 Å². The molecule has 0 spiro atoms. The van der Waals surface area contributed by atoms with Crippen molar-refractivity contribution >= 4 is 75.8 Å². The van der Waals surface area contributed by atoms with E-state index in [9.17, 15) is 31.3 Å². The second-order valence-corrected chi connectivity index (χ2v) is 14.3. The number of rotatable bonds is 11. The normalized spacial score (nSPS) is 12.1. The Hall–Kier alpha value is -3.03. The summed E-state index contributed by atoms with van der Waals surface area (Å²) in [5, 5.41) is 12.3. The van der Waals surface area contributed by atoms with Gasteiger partial charge in [0.2, 0.25) is 10.0 Å². The van der Waals surface area contributed by atoms with Crippen LogP contribution in [0.2, 0.25) is 10.0 Å². The van der Waals surface area contributed by atoms with Crippen LogP contribution in [0.1, 0.15) is 11.3 Å². The lowest BCUT2D eigenvalue weighted by Gasteiger charge is -2.20. The van der Waals surface area contributed by atoms with E-state index in [1.165, 1.54) is 36.4 Å². The molecule has 0 aliphatic rings. The minimum atomic E-state index is -4.56. The first-order chi connectivity index (χ1) is 19.7. The molecule has 0 amide bonds. The van der Waals surface area contributed by atoms with Crippen molar-refractivity contribution in [2.45, 2.75) is 22.8 Å². The number of sulfonamides is 2. The van der Waals surface area contributed by atoms with Crippen molar-refractivity contribution in [3.8, 4) is 12.3 Å². The van der Waals surface area contributed by atoms with E-state index in [2.05, 4.69) is 31.6 Å². The van der Waals surface area contributed by atoms with Crippen LogP contribution in [0.25, 0.3) is 10.9 Å². The number of halogens is 4. The van der Waals surface area contributed by atoms with E-state index in [4.69, 9.17) is 29.6 Å². The van der Waals surface area contributed by atoms with Crippen LogP contribution in [0.4, 0.5) is 10.1 Å². The third-order valence-corrected chi connectivity index (χ3v) is 10.4. The van der Waals surface area contributed by atoms with Crippen LogP contribution < -0.4 is 4.72 Å². The summed E-state index contributed by atoms with van der Waals surface area (Å²) in [5.41, 5.74) is -0.0674. The molecular formula is C26H20BrCl2FN4O6S2. The van der Waals surface area contributed by atoms with Crippen molar-refractivity contribution in [2.75, 3.05) is 13.1 Å². The van der Waals surface area contributed by atoms with Gasteiger partial charge in [-0.2, -0.15) is 4.31 Å². The lowest BCUT2D eigenvalue weighted by Crippen LogP contribution is -2.32. The zero-order chi connectivity index (χ0) is 30.8. The highest BCUT2D eigenvalue weighted by atomic mass is 79.9. The molecule has 42 heavy (non-hydrogen) atoms. The molecule has 1 heterocycles. The van der Waals surface area contributed by atoms with Crippen LogP contribution in [-0.2, 0) is 33.0 Å². The molecule has 0 unspecified atom stereocenters. The number of terminal acetylenes is 1. The molecule has 0 saturated heterocycles. The van der Waals surface area contributed by atoms with Crippen molar-refractivity contribution < 1.29 is 26.1 Å². The molecule has 0 bridgehead atoms. The summed E-state index contributed by atoms with van der Waals surface area (Å²) in [6, 6.07) is 11.5. The number of H-pyrrole nitrogens is 1. The summed E-state index contributed by atoms with van der Waals surface area (Å²) in [6.45, 7) is -1.05. The zero-order valence-electron chi connectivity index (χ0n) is 21.3. The van der Waals surface area contributed by atoms with Crippen molar-refractivity contribution in [3.05, 3.63) is 96.3 Å². The Morgan fingerprint density at radius 1 is 1.07 bits per heavy atom. The lowest BCUT2D eigenvalue weighted by molar-refractivity contribution is -0.387. The summed E-state index contributed by atoms with van der Waals surface area (Å²) in [5.74, 6) is 1.59. The number of nitrogens with zero attached hydrogens (tertiary/aromatic N) is 2. The second-order valence-electron chi connectivity index (χ2n) is 8.84. The molecule has 3 aromatic carbocycles.